The molecule has 1 aromatic rings. The Balaban J connectivity index is 2.26. The van der Waals surface area contributed by atoms with Gasteiger partial charge in [0.15, 0.2) is 0 Å². The predicted octanol–water partition coefficient (Wildman–Crippen LogP) is 1.34. The van der Waals surface area contributed by atoms with E-state index in [1.807, 2.05) is 19.9 Å². The summed E-state index contributed by atoms with van der Waals surface area (Å²) in [6.45, 7) is 4.67. The molecule has 6 nitrogen and oxygen atoms in total. The number of carboxylic acid groups (broad SMARTS) is 1. The molecule has 1 aliphatic rings. The van der Waals surface area contributed by atoms with E-state index in [9.17, 15) is 14.7 Å². The fourth-order valence-corrected chi connectivity index (χ4v) is 2.55. The second kappa shape index (κ2) is 6.67. The van der Waals surface area contributed by atoms with E-state index in [1.54, 1.807) is 17.0 Å². The summed E-state index contributed by atoms with van der Waals surface area (Å²) < 4.78 is 5.27. The molecule has 6 heteroatoms. The number of carboxylic acids is 1. The quantitative estimate of drug-likeness (QED) is 0.886. The first-order valence-corrected chi connectivity index (χ1v) is 7.09. The standard InChI is InChI=1S/C15H20N2O4/c1-3-7-17(13-9-21-8-11(13)15(19)20)14(18)12-6-4-5-10(2)16-12/h4-6,11,13H,3,7-9H2,1-2H3,(H,19,20). The van der Waals surface area contributed by atoms with Crippen molar-refractivity contribution in [3.05, 3.63) is 29.6 Å². The van der Waals surface area contributed by atoms with Crippen LogP contribution in [0.1, 0.15) is 29.5 Å². The third kappa shape index (κ3) is 3.39. The van der Waals surface area contributed by atoms with Crippen molar-refractivity contribution in [1.82, 2.24) is 9.88 Å². The first-order chi connectivity index (χ1) is 10.0. The number of nitrogens with zero attached hydrogens (tertiary/aromatic N) is 2. The van der Waals surface area contributed by atoms with E-state index in [4.69, 9.17) is 4.74 Å². The number of ether oxygens (including phenoxy) is 1. The molecule has 1 amide bonds. The molecule has 1 aromatic heterocycles. The van der Waals surface area contributed by atoms with Crippen LogP contribution in [-0.4, -0.2) is 52.7 Å². The third-order valence-corrected chi connectivity index (χ3v) is 3.60. The average molecular weight is 292 g/mol. The van der Waals surface area contributed by atoms with Crippen molar-refractivity contribution in [2.75, 3.05) is 19.8 Å². The Morgan fingerprint density at radius 1 is 1.43 bits per heavy atom. The maximum atomic E-state index is 12.7. The Bertz CT molecular complexity index is 532. The van der Waals surface area contributed by atoms with Crippen molar-refractivity contribution in [2.24, 2.45) is 5.92 Å². The fourth-order valence-electron chi connectivity index (χ4n) is 2.55. The molecule has 0 spiro atoms. The second-order valence-corrected chi connectivity index (χ2v) is 5.21. The molecule has 1 N–H and O–H groups in total. The summed E-state index contributed by atoms with van der Waals surface area (Å²) in [6, 6.07) is 4.82. The summed E-state index contributed by atoms with van der Waals surface area (Å²) in [5.41, 5.74) is 1.11. The highest BCUT2D eigenvalue weighted by Crippen LogP contribution is 2.22. The summed E-state index contributed by atoms with van der Waals surface area (Å²) >= 11 is 0. The molecule has 2 unspecified atom stereocenters. The topological polar surface area (TPSA) is 79.7 Å². The number of hydrogen-bond donors (Lipinski definition) is 1. The molecule has 114 valence electrons. The van der Waals surface area contributed by atoms with Crippen LogP contribution < -0.4 is 0 Å². The van der Waals surface area contributed by atoms with Gasteiger partial charge in [0.1, 0.15) is 11.6 Å². The van der Waals surface area contributed by atoms with E-state index < -0.39 is 17.9 Å². The van der Waals surface area contributed by atoms with E-state index in [0.29, 0.717) is 12.2 Å². The number of carbonyl (C=O) groups is 2. The van der Waals surface area contributed by atoms with Gasteiger partial charge in [-0.1, -0.05) is 13.0 Å². The molecule has 2 atom stereocenters. The van der Waals surface area contributed by atoms with Gasteiger partial charge in [0.25, 0.3) is 5.91 Å². The van der Waals surface area contributed by atoms with E-state index in [-0.39, 0.29) is 19.1 Å². The normalized spacial score (nSPS) is 21.2. The molecule has 0 saturated carbocycles. The molecular weight excluding hydrogens is 272 g/mol. The lowest BCUT2D eigenvalue weighted by atomic mass is 10.0. The van der Waals surface area contributed by atoms with E-state index in [2.05, 4.69) is 4.98 Å². The minimum Gasteiger partial charge on any atom is -0.481 e. The monoisotopic (exact) mass is 292 g/mol. The first kappa shape index (κ1) is 15.4. The minimum absolute atomic E-state index is 0.148. The molecule has 0 aromatic carbocycles. The van der Waals surface area contributed by atoms with E-state index in [1.165, 1.54) is 0 Å². The van der Waals surface area contributed by atoms with Crippen LogP contribution in [0.2, 0.25) is 0 Å². The van der Waals surface area contributed by atoms with Crippen molar-refractivity contribution in [3.63, 3.8) is 0 Å². The largest absolute Gasteiger partial charge is 0.481 e. The Morgan fingerprint density at radius 3 is 2.81 bits per heavy atom. The number of carbonyl (C=O) groups excluding carboxylic acids is 1. The molecule has 1 fully saturated rings. The lowest BCUT2D eigenvalue weighted by Crippen LogP contribution is -2.47. The maximum absolute atomic E-state index is 12.7. The molecule has 2 heterocycles. The van der Waals surface area contributed by atoms with Crippen molar-refractivity contribution >= 4 is 11.9 Å². The zero-order chi connectivity index (χ0) is 15.4. The first-order valence-electron chi connectivity index (χ1n) is 7.09. The smallest absolute Gasteiger partial charge is 0.311 e. The van der Waals surface area contributed by atoms with Crippen molar-refractivity contribution < 1.29 is 19.4 Å². The number of aliphatic carboxylic acids is 1. The van der Waals surface area contributed by atoms with Gasteiger partial charge in [0.2, 0.25) is 0 Å². The summed E-state index contributed by atoms with van der Waals surface area (Å²) in [6.07, 6.45) is 0.750. The van der Waals surface area contributed by atoms with Crippen LogP contribution in [0.15, 0.2) is 18.2 Å². The van der Waals surface area contributed by atoms with Gasteiger partial charge in [0, 0.05) is 12.2 Å². The third-order valence-electron chi connectivity index (χ3n) is 3.60. The van der Waals surface area contributed by atoms with Gasteiger partial charge in [-0.2, -0.15) is 0 Å². The number of hydrogen-bond acceptors (Lipinski definition) is 4. The molecular formula is C15H20N2O4. The van der Waals surface area contributed by atoms with Gasteiger partial charge in [-0.05, 0) is 25.5 Å². The molecule has 2 rings (SSSR count). The minimum atomic E-state index is -0.927. The van der Waals surface area contributed by atoms with Gasteiger partial charge in [0.05, 0.1) is 19.3 Å². The SMILES string of the molecule is CCCN(C(=O)c1cccc(C)n1)C1COCC1C(=O)O. The molecule has 1 saturated heterocycles. The Kier molecular flexibility index (Phi) is 4.90. The Labute approximate surface area is 123 Å². The summed E-state index contributed by atoms with van der Waals surface area (Å²) in [7, 11) is 0. The zero-order valence-corrected chi connectivity index (χ0v) is 12.3. The second-order valence-electron chi connectivity index (χ2n) is 5.21. The number of amides is 1. The average Bonchev–Trinajstić information content (AvgIpc) is 2.93. The Morgan fingerprint density at radius 2 is 2.19 bits per heavy atom. The molecule has 0 radical (unpaired) electrons. The number of aromatic nitrogens is 1. The van der Waals surface area contributed by atoms with Crippen LogP contribution in [0, 0.1) is 12.8 Å². The van der Waals surface area contributed by atoms with Gasteiger partial charge >= 0.3 is 5.97 Å². The van der Waals surface area contributed by atoms with Crippen LogP contribution >= 0.6 is 0 Å². The highest BCUT2D eigenvalue weighted by molar-refractivity contribution is 5.93. The molecule has 0 bridgehead atoms. The predicted molar refractivity (Wildman–Crippen MR) is 76.0 cm³/mol. The van der Waals surface area contributed by atoms with Crippen LogP contribution in [0.4, 0.5) is 0 Å². The van der Waals surface area contributed by atoms with Gasteiger partial charge in [-0.3, -0.25) is 9.59 Å². The highest BCUT2D eigenvalue weighted by atomic mass is 16.5. The van der Waals surface area contributed by atoms with Crippen LogP contribution in [-0.2, 0) is 9.53 Å². The zero-order valence-electron chi connectivity index (χ0n) is 12.3. The highest BCUT2D eigenvalue weighted by Gasteiger charge is 2.40. The van der Waals surface area contributed by atoms with E-state index >= 15 is 0 Å². The van der Waals surface area contributed by atoms with E-state index in [0.717, 1.165) is 12.1 Å². The van der Waals surface area contributed by atoms with Crippen LogP contribution in [0.25, 0.3) is 0 Å². The lowest BCUT2D eigenvalue weighted by Gasteiger charge is -2.30. The fraction of sp³-hybridized carbons (Fsp3) is 0.533. The lowest BCUT2D eigenvalue weighted by molar-refractivity contribution is -0.142. The van der Waals surface area contributed by atoms with Gasteiger partial charge < -0.3 is 14.7 Å². The van der Waals surface area contributed by atoms with Crippen LogP contribution in [0.3, 0.4) is 0 Å². The van der Waals surface area contributed by atoms with Crippen molar-refractivity contribution in [3.8, 4) is 0 Å². The van der Waals surface area contributed by atoms with Crippen molar-refractivity contribution in [1.29, 1.82) is 0 Å². The molecule has 0 aliphatic carbocycles. The molecule has 1 aliphatic heterocycles. The van der Waals surface area contributed by atoms with Crippen molar-refractivity contribution in [2.45, 2.75) is 26.3 Å². The summed E-state index contributed by atoms with van der Waals surface area (Å²) in [5, 5.41) is 9.26. The maximum Gasteiger partial charge on any atom is 0.311 e. The Hall–Kier alpha value is -1.95. The molecule has 21 heavy (non-hydrogen) atoms. The number of rotatable bonds is 5. The number of aryl methyl sites for hydroxylation is 1. The summed E-state index contributed by atoms with van der Waals surface area (Å²) in [4.78, 5) is 29.8. The number of pyridine rings is 1. The summed E-state index contributed by atoms with van der Waals surface area (Å²) in [5.74, 6) is -1.84. The van der Waals surface area contributed by atoms with Gasteiger partial charge in [-0.25, -0.2) is 4.98 Å². The van der Waals surface area contributed by atoms with Gasteiger partial charge in [-0.15, -0.1) is 0 Å². The van der Waals surface area contributed by atoms with Crippen LogP contribution in [0.5, 0.6) is 0 Å².